The molecule has 0 radical (unpaired) electrons. The highest BCUT2D eigenvalue weighted by Gasteiger charge is 2.08. The van der Waals surface area contributed by atoms with E-state index in [0.717, 1.165) is 17.9 Å². The topological polar surface area (TPSA) is 20.3 Å². The lowest BCUT2D eigenvalue weighted by Gasteiger charge is -2.23. The zero-order valence-corrected chi connectivity index (χ0v) is 11.1. The van der Waals surface area contributed by atoms with Crippen LogP contribution in [0.4, 0.5) is 15.8 Å². The summed E-state index contributed by atoms with van der Waals surface area (Å²) >= 11 is 0. The van der Waals surface area contributed by atoms with Gasteiger partial charge >= 0.3 is 0 Å². The van der Waals surface area contributed by atoms with Crippen molar-refractivity contribution in [1.29, 1.82) is 0 Å². The normalized spacial score (nSPS) is 10.3. The summed E-state index contributed by atoms with van der Waals surface area (Å²) in [5.74, 6) is -0.211. The number of hydrogen-bond donors (Lipinski definition) is 0. The van der Waals surface area contributed by atoms with E-state index in [4.69, 9.17) is 0 Å². The van der Waals surface area contributed by atoms with Crippen molar-refractivity contribution in [2.75, 3.05) is 11.4 Å². The van der Waals surface area contributed by atoms with Gasteiger partial charge in [-0.3, -0.25) is 4.79 Å². The molecule has 0 aromatic heterocycles. The molecule has 0 N–H and O–H groups in total. The Labute approximate surface area is 112 Å². The smallest absolute Gasteiger partial charge is 0.159 e. The fraction of sp³-hybridized carbons (Fsp3) is 0.188. The number of Topliss-reactive ketones (excluding diaryl/α,β-unsaturated/α-hetero) is 1. The van der Waals surface area contributed by atoms with Crippen LogP contribution in [0.1, 0.15) is 24.2 Å². The largest absolute Gasteiger partial charge is 0.342 e. The Kier molecular flexibility index (Phi) is 3.95. The number of halogens is 1. The maximum absolute atomic E-state index is 13.3. The number of anilines is 2. The predicted octanol–water partition coefficient (Wildman–Crippen LogP) is 4.19. The number of carbonyl (C=O) groups is 1. The standard InChI is InChI=1S/C16H16FNO/c1-3-18(16-6-4-5-14(17)11-16)15-9-7-13(8-10-15)12(2)19/h4-11H,3H2,1-2H3. The Morgan fingerprint density at radius 2 is 1.79 bits per heavy atom. The molecule has 0 saturated heterocycles. The highest BCUT2D eigenvalue weighted by Crippen LogP contribution is 2.25. The van der Waals surface area contributed by atoms with Crippen molar-refractivity contribution >= 4 is 17.2 Å². The first-order valence-electron chi connectivity index (χ1n) is 6.26. The van der Waals surface area contributed by atoms with E-state index < -0.39 is 0 Å². The number of carbonyl (C=O) groups excluding carboxylic acids is 1. The molecule has 2 rings (SSSR count). The maximum Gasteiger partial charge on any atom is 0.159 e. The lowest BCUT2D eigenvalue weighted by Crippen LogP contribution is -2.16. The molecule has 0 heterocycles. The minimum absolute atomic E-state index is 0.0420. The summed E-state index contributed by atoms with van der Waals surface area (Å²) in [6.07, 6.45) is 0. The molecule has 0 unspecified atom stereocenters. The first-order valence-corrected chi connectivity index (χ1v) is 6.26. The summed E-state index contributed by atoms with van der Waals surface area (Å²) in [7, 11) is 0. The predicted molar refractivity (Wildman–Crippen MR) is 75.5 cm³/mol. The van der Waals surface area contributed by atoms with Gasteiger partial charge in [0.2, 0.25) is 0 Å². The quantitative estimate of drug-likeness (QED) is 0.765. The van der Waals surface area contributed by atoms with Crippen molar-refractivity contribution in [2.24, 2.45) is 0 Å². The Bertz CT molecular complexity index is 578. The van der Waals surface area contributed by atoms with Gasteiger partial charge in [-0.05, 0) is 56.3 Å². The molecule has 0 aliphatic heterocycles. The van der Waals surface area contributed by atoms with Crippen molar-refractivity contribution in [3.63, 3.8) is 0 Å². The number of ketones is 1. The summed E-state index contributed by atoms with van der Waals surface area (Å²) in [5, 5.41) is 0. The number of nitrogens with zero attached hydrogens (tertiary/aromatic N) is 1. The van der Waals surface area contributed by atoms with Crippen molar-refractivity contribution in [1.82, 2.24) is 0 Å². The molecule has 2 nitrogen and oxygen atoms in total. The molecule has 0 saturated carbocycles. The Hall–Kier alpha value is -2.16. The number of benzene rings is 2. The van der Waals surface area contributed by atoms with Crippen LogP contribution in [0, 0.1) is 5.82 Å². The van der Waals surface area contributed by atoms with Crippen LogP contribution < -0.4 is 4.90 Å². The average molecular weight is 257 g/mol. The van der Waals surface area contributed by atoms with Gasteiger partial charge in [0.05, 0.1) is 0 Å². The summed E-state index contributed by atoms with van der Waals surface area (Å²) in [5.41, 5.74) is 2.43. The van der Waals surface area contributed by atoms with E-state index >= 15 is 0 Å². The maximum atomic E-state index is 13.3. The molecule has 0 spiro atoms. The third-order valence-corrected chi connectivity index (χ3v) is 3.02. The second-order valence-corrected chi connectivity index (χ2v) is 4.33. The van der Waals surface area contributed by atoms with Gasteiger partial charge in [-0.2, -0.15) is 0 Å². The number of rotatable bonds is 4. The SMILES string of the molecule is CCN(c1ccc(C(C)=O)cc1)c1cccc(F)c1. The average Bonchev–Trinajstić information content (AvgIpc) is 2.40. The molecule has 0 fully saturated rings. The Morgan fingerprint density at radius 1 is 1.11 bits per heavy atom. The molecule has 0 amide bonds. The minimum atomic E-state index is -0.253. The zero-order valence-electron chi connectivity index (χ0n) is 11.1. The molecule has 2 aromatic carbocycles. The van der Waals surface area contributed by atoms with Crippen LogP contribution in [0.15, 0.2) is 48.5 Å². The molecule has 3 heteroatoms. The van der Waals surface area contributed by atoms with Crippen molar-refractivity contribution in [3.05, 3.63) is 59.9 Å². The molecule has 0 bridgehead atoms. The van der Waals surface area contributed by atoms with Crippen molar-refractivity contribution in [3.8, 4) is 0 Å². The molecule has 0 aliphatic rings. The van der Waals surface area contributed by atoms with Crippen LogP contribution in [0.3, 0.4) is 0 Å². The van der Waals surface area contributed by atoms with Crippen LogP contribution in [-0.4, -0.2) is 12.3 Å². The first kappa shape index (κ1) is 13.3. The number of hydrogen-bond acceptors (Lipinski definition) is 2. The lowest BCUT2D eigenvalue weighted by molar-refractivity contribution is 0.101. The van der Waals surface area contributed by atoms with Gasteiger partial charge < -0.3 is 4.90 Å². The van der Waals surface area contributed by atoms with E-state index in [2.05, 4.69) is 0 Å². The van der Waals surface area contributed by atoms with Gasteiger partial charge in [-0.25, -0.2) is 4.39 Å². The molecular weight excluding hydrogens is 241 g/mol. The fourth-order valence-electron chi connectivity index (χ4n) is 2.03. The molecule has 98 valence electrons. The fourth-order valence-corrected chi connectivity index (χ4v) is 2.03. The second kappa shape index (κ2) is 5.65. The Balaban J connectivity index is 2.34. The van der Waals surface area contributed by atoms with Crippen LogP contribution in [0.25, 0.3) is 0 Å². The van der Waals surface area contributed by atoms with E-state index in [0.29, 0.717) is 5.56 Å². The van der Waals surface area contributed by atoms with E-state index in [1.165, 1.54) is 12.1 Å². The van der Waals surface area contributed by atoms with Crippen LogP contribution in [0.5, 0.6) is 0 Å². The van der Waals surface area contributed by atoms with Gasteiger partial charge in [0.1, 0.15) is 5.82 Å². The van der Waals surface area contributed by atoms with Crippen LogP contribution in [0.2, 0.25) is 0 Å². The van der Waals surface area contributed by atoms with Gasteiger partial charge in [0.25, 0.3) is 0 Å². The monoisotopic (exact) mass is 257 g/mol. The van der Waals surface area contributed by atoms with Crippen LogP contribution >= 0.6 is 0 Å². The highest BCUT2D eigenvalue weighted by molar-refractivity contribution is 5.94. The molecule has 0 atom stereocenters. The van der Waals surface area contributed by atoms with E-state index in [1.54, 1.807) is 25.1 Å². The van der Waals surface area contributed by atoms with Crippen molar-refractivity contribution < 1.29 is 9.18 Å². The molecule has 19 heavy (non-hydrogen) atoms. The second-order valence-electron chi connectivity index (χ2n) is 4.33. The van der Waals surface area contributed by atoms with Gasteiger partial charge in [-0.1, -0.05) is 6.07 Å². The lowest BCUT2D eigenvalue weighted by atomic mass is 10.1. The van der Waals surface area contributed by atoms with Gasteiger partial charge in [0.15, 0.2) is 5.78 Å². The molecular formula is C16H16FNO. The summed E-state index contributed by atoms with van der Waals surface area (Å²) in [4.78, 5) is 13.2. The molecule has 2 aromatic rings. The third kappa shape index (κ3) is 2.99. The summed E-state index contributed by atoms with van der Waals surface area (Å²) in [6.45, 7) is 4.27. The van der Waals surface area contributed by atoms with E-state index in [9.17, 15) is 9.18 Å². The minimum Gasteiger partial charge on any atom is -0.342 e. The van der Waals surface area contributed by atoms with E-state index in [1.807, 2.05) is 30.0 Å². The highest BCUT2D eigenvalue weighted by atomic mass is 19.1. The Morgan fingerprint density at radius 3 is 2.32 bits per heavy atom. The molecule has 0 aliphatic carbocycles. The summed E-state index contributed by atoms with van der Waals surface area (Å²) in [6, 6.07) is 13.8. The van der Waals surface area contributed by atoms with Gasteiger partial charge in [-0.15, -0.1) is 0 Å². The first-order chi connectivity index (χ1) is 9.11. The van der Waals surface area contributed by atoms with E-state index in [-0.39, 0.29) is 11.6 Å². The van der Waals surface area contributed by atoms with Gasteiger partial charge in [0, 0.05) is 23.5 Å². The van der Waals surface area contributed by atoms with Crippen molar-refractivity contribution in [2.45, 2.75) is 13.8 Å². The summed E-state index contributed by atoms with van der Waals surface area (Å²) < 4.78 is 13.3. The third-order valence-electron chi connectivity index (χ3n) is 3.02. The zero-order chi connectivity index (χ0) is 13.8. The van der Waals surface area contributed by atoms with Crippen LogP contribution in [-0.2, 0) is 0 Å².